The van der Waals surface area contributed by atoms with Crippen LogP contribution >= 0.6 is 0 Å². The first-order valence-corrected chi connectivity index (χ1v) is 6.36. The van der Waals surface area contributed by atoms with Crippen molar-refractivity contribution in [2.24, 2.45) is 0 Å². The molecule has 0 aromatic heterocycles. The van der Waals surface area contributed by atoms with Crippen LogP contribution < -0.4 is 0 Å². The number of rotatable bonds is 4. The van der Waals surface area contributed by atoms with E-state index in [1.807, 2.05) is 18.2 Å². The molecule has 0 amide bonds. The summed E-state index contributed by atoms with van der Waals surface area (Å²) in [5.74, 6) is 0. The van der Waals surface area contributed by atoms with E-state index in [4.69, 9.17) is 9.47 Å². The summed E-state index contributed by atoms with van der Waals surface area (Å²) >= 11 is 0. The van der Waals surface area contributed by atoms with E-state index >= 15 is 0 Å². The largest absolute Gasteiger partial charge is 0.373 e. The highest BCUT2D eigenvalue weighted by Crippen LogP contribution is 2.30. The number of hydrogen-bond donors (Lipinski definition) is 0. The van der Waals surface area contributed by atoms with Crippen LogP contribution in [-0.4, -0.2) is 17.8 Å². The van der Waals surface area contributed by atoms with E-state index in [0.717, 1.165) is 12.8 Å². The molecule has 17 heavy (non-hydrogen) atoms. The van der Waals surface area contributed by atoms with Crippen LogP contribution in [0.5, 0.6) is 0 Å². The van der Waals surface area contributed by atoms with E-state index in [-0.39, 0.29) is 5.60 Å². The summed E-state index contributed by atoms with van der Waals surface area (Å²) in [5.41, 5.74) is 1.21. The molecule has 0 aliphatic heterocycles. The van der Waals surface area contributed by atoms with Gasteiger partial charge in [0, 0.05) is 0 Å². The van der Waals surface area contributed by atoms with Gasteiger partial charge in [0.2, 0.25) is 0 Å². The van der Waals surface area contributed by atoms with Gasteiger partial charge in [-0.1, -0.05) is 30.3 Å². The lowest BCUT2D eigenvalue weighted by molar-refractivity contribution is -0.151. The van der Waals surface area contributed by atoms with Crippen molar-refractivity contribution in [1.29, 1.82) is 0 Å². The molecule has 0 unspecified atom stereocenters. The second kappa shape index (κ2) is 5.19. The van der Waals surface area contributed by atoms with Crippen LogP contribution in [-0.2, 0) is 16.1 Å². The molecule has 0 bridgehead atoms. The van der Waals surface area contributed by atoms with Gasteiger partial charge in [0.05, 0.1) is 24.4 Å². The molecule has 0 N–H and O–H groups in total. The highest BCUT2D eigenvalue weighted by atomic mass is 16.5. The highest BCUT2D eigenvalue weighted by Gasteiger charge is 2.33. The molecule has 2 heteroatoms. The van der Waals surface area contributed by atoms with Gasteiger partial charge >= 0.3 is 0 Å². The monoisotopic (exact) mass is 234 g/mol. The summed E-state index contributed by atoms with van der Waals surface area (Å²) in [6.45, 7) is 7.02. The van der Waals surface area contributed by atoms with Gasteiger partial charge in [-0.15, -0.1) is 0 Å². The first-order chi connectivity index (χ1) is 8.03. The molecular formula is C15H22O2. The SMILES string of the molecule is CC(C)(C)OC1CC(OCc2ccccc2)C1. The summed E-state index contributed by atoms with van der Waals surface area (Å²) in [6.07, 6.45) is 2.83. The average Bonchev–Trinajstić information content (AvgIpc) is 2.21. The molecule has 2 rings (SSSR count). The van der Waals surface area contributed by atoms with E-state index in [0.29, 0.717) is 18.8 Å². The Morgan fingerprint density at radius 1 is 1.06 bits per heavy atom. The number of ether oxygens (including phenoxy) is 2. The molecule has 0 saturated heterocycles. The normalized spacial score (nSPS) is 24.4. The van der Waals surface area contributed by atoms with Crippen molar-refractivity contribution >= 4 is 0 Å². The molecule has 1 aliphatic rings. The summed E-state index contributed by atoms with van der Waals surface area (Å²) < 4.78 is 11.7. The first kappa shape index (κ1) is 12.6. The van der Waals surface area contributed by atoms with Gasteiger partial charge < -0.3 is 9.47 Å². The smallest absolute Gasteiger partial charge is 0.0720 e. The second-order valence-corrected chi connectivity index (χ2v) is 5.74. The molecule has 2 nitrogen and oxygen atoms in total. The zero-order valence-corrected chi connectivity index (χ0v) is 11.0. The minimum Gasteiger partial charge on any atom is -0.373 e. The van der Waals surface area contributed by atoms with Gasteiger partial charge in [0.1, 0.15) is 0 Å². The summed E-state index contributed by atoms with van der Waals surface area (Å²) in [4.78, 5) is 0. The van der Waals surface area contributed by atoms with Crippen LogP contribution in [0.3, 0.4) is 0 Å². The lowest BCUT2D eigenvalue weighted by Gasteiger charge is -2.39. The van der Waals surface area contributed by atoms with Crippen LogP contribution in [0.4, 0.5) is 0 Å². The maximum absolute atomic E-state index is 5.88. The highest BCUT2D eigenvalue weighted by molar-refractivity contribution is 5.13. The Bertz CT molecular complexity index is 334. The molecule has 0 atom stereocenters. The van der Waals surface area contributed by atoms with Gasteiger partial charge in [-0.25, -0.2) is 0 Å². The minimum absolute atomic E-state index is 0.0327. The minimum atomic E-state index is -0.0327. The van der Waals surface area contributed by atoms with Gasteiger partial charge in [0.25, 0.3) is 0 Å². The van der Waals surface area contributed by atoms with Gasteiger partial charge in [-0.2, -0.15) is 0 Å². The lowest BCUT2D eigenvalue weighted by Crippen LogP contribution is -2.41. The van der Waals surface area contributed by atoms with Gasteiger partial charge in [-0.05, 0) is 39.2 Å². The number of benzene rings is 1. The van der Waals surface area contributed by atoms with Gasteiger partial charge in [0.15, 0.2) is 0 Å². The third-order valence-electron chi connectivity index (χ3n) is 2.90. The van der Waals surface area contributed by atoms with E-state index < -0.39 is 0 Å². The van der Waals surface area contributed by atoms with Crippen molar-refractivity contribution in [2.45, 2.75) is 58.0 Å². The molecule has 94 valence electrons. The maximum atomic E-state index is 5.88. The van der Waals surface area contributed by atoms with Crippen molar-refractivity contribution in [1.82, 2.24) is 0 Å². The quantitative estimate of drug-likeness (QED) is 0.793. The third kappa shape index (κ3) is 4.14. The topological polar surface area (TPSA) is 18.5 Å². The molecule has 1 aromatic carbocycles. The molecule has 0 radical (unpaired) electrons. The first-order valence-electron chi connectivity index (χ1n) is 6.36. The Morgan fingerprint density at radius 2 is 1.71 bits per heavy atom. The second-order valence-electron chi connectivity index (χ2n) is 5.74. The standard InChI is InChI=1S/C15H22O2/c1-15(2,3)17-14-9-13(10-14)16-11-12-7-5-4-6-8-12/h4-8,13-14H,9-11H2,1-3H3. The van der Waals surface area contributed by atoms with Crippen LogP contribution in [0.2, 0.25) is 0 Å². The van der Waals surface area contributed by atoms with Crippen molar-refractivity contribution in [3.8, 4) is 0 Å². The molecule has 1 saturated carbocycles. The van der Waals surface area contributed by atoms with Crippen LogP contribution in [0.1, 0.15) is 39.2 Å². The van der Waals surface area contributed by atoms with Crippen molar-refractivity contribution in [3.05, 3.63) is 35.9 Å². The predicted octanol–water partition coefficient (Wildman–Crippen LogP) is 3.55. The zero-order valence-electron chi connectivity index (χ0n) is 11.0. The number of hydrogen-bond acceptors (Lipinski definition) is 2. The lowest BCUT2D eigenvalue weighted by atomic mass is 9.91. The molecule has 1 aliphatic carbocycles. The van der Waals surface area contributed by atoms with Crippen LogP contribution in [0.25, 0.3) is 0 Å². The Hall–Kier alpha value is -0.860. The van der Waals surface area contributed by atoms with Crippen molar-refractivity contribution in [3.63, 3.8) is 0 Å². The molecule has 0 spiro atoms. The fourth-order valence-corrected chi connectivity index (χ4v) is 2.04. The van der Waals surface area contributed by atoms with E-state index in [2.05, 4.69) is 32.9 Å². The maximum Gasteiger partial charge on any atom is 0.0720 e. The Morgan fingerprint density at radius 3 is 2.29 bits per heavy atom. The molecular weight excluding hydrogens is 212 g/mol. The van der Waals surface area contributed by atoms with Crippen LogP contribution in [0, 0.1) is 0 Å². The summed E-state index contributed by atoms with van der Waals surface area (Å²) in [6, 6.07) is 10.3. The van der Waals surface area contributed by atoms with E-state index in [1.54, 1.807) is 0 Å². The van der Waals surface area contributed by atoms with Crippen molar-refractivity contribution in [2.75, 3.05) is 0 Å². The predicted molar refractivity (Wildman–Crippen MR) is 68.9 cm³/mol. The molecule has 0 heterocycles. The molecule has 1 fully saturated rings. The van der Waals surface area contributed by atoms with Crippen LogP contribution in [0.15, 0.2) is 30.3 Å². The fourth-order valence-electron chi connectivity index (χ4n) is 2.04. The van der Waals surface area contributed by atoms with E-state index in [9.17, 15) is 0 Å². The van der Waals surface area contributed by atoms with Crippen molar-refractivity contribution < 1.29 is 9.47 Å². The zero-order chi connectivity index (χ0) is 12.3. The summed E-state index contributed by atoms with van der Waals surface area (Å²) in [7, 11) is 0. The summed E-state index contributed by atoms with van der Waals surface area (Å²) in [5, 5.41) is 0. The Labute approximate surface area is 104 Å². The third-order valence-corrected chi connectivity index (χ3v) is 2.90. The average molecular weight is 234 g/mol. The Balaban J connectivity index is 1.65. The van der Waals surface area contributed by atoms with E-state index in [1.165, 1.54) is 5.56 Å². The fraction of sp³-hybridized carbons (Fsp3) is 0.600. The Kier molecular flexibility index (Phi) is 3.85. The van der Waals surface area contributed by atoms with Gasteiger partial charge in [-0.3, -0.25) is 0 Å². The molecule has 1 aromatic rings.